The summed E-state index contributed by atoms with van der Waals surface area (Å²) < 4.78 is 16.7. The third kappa shape index (κ3) is 45.5. The molecule has 0 fully saturated rings. The first-order valence-corrected chi connectivity index (χ1v) is 25.9. The van der Waals surface area contributed by atoms with Crippen molar-refractivity contribution in [3.8, 4) is 0 Å². The van der Waals surface area contributed by atoms with Crippen molar-refractivity contribution in [2.24, 2.45) is 5.92 Å². The lowest BCUT2D eigenvalue weighted by atomic mass is 10.0. The molecule has 6 heteroatoms. The highest BCUT2D eigenvalue weighted by Gasteiger charge is 2.19. The van der Waals surface area contributed by atoms with Gasteiger partial charge in [-0.2, -0.15) is 0 Å². The van der Waals surface area contributed by atoms with Crippen LogP contribution in [0.5, 0.6) is 0 Å². The Kier molecular flexibility index (Phi) is 45.2. The van der Waals surface area contributed by atoms with Crippen LogP contribution in [-0.4, -0.2) is 37.2 Å². The normalized spacial score (nSPS) is 11.9. The first-order valence-electron chi connectivity index (χ1n) is 25.9. The van der Waals surface area contributed by atoms with Gasteiger partial charge in [0.15, 0.2) is 6.10 Å². The molecule has 0 aliphatic carbocycles. The minimum absolute atomic E-state index is 0.0633. The average molecular weight is 821 g/mol. The van der Waals surface area contributed by atoms with E-state index in [1.54, 1.807) is 0 Å². The van der Waals surface area contributed by atoms with E-state index in [9.17, 15) is 14.4 Å². The van der Waals surface area contributed by atoms with Crippen molar-refractivity contribution >= 4 is 17.9 Å². The molecule has 0 aliphatic rings. The molecule has 344 valence electrons. The Hall–Kier alpha value is -1.59. The van der Waals surface area contributed by atoms with Crippen molar-refractivity contribution in [3.63, 3.8) is 0 Å². The van der Waals surface area contributed by atoms with Crippen LogP contribution < -0.4 is 0 Å². The fourth-order valence-corrected chi connectivity index (χ4v) is 7.86. The molecule has 0 aromatic carbocycles. The van der Waals surface area contributed by atoms with Crippen LogP contribution in [0.25, 0.3) is 0 Å². The first kappa shape index (κ1) is 56.4. The van der Waals surface area contributed by atoms with E-state index in [4.69, 9.17) is 14.2 Å². The minimum Gasteiger partial charge on any atom is -0.462 e. The number of unbranched alkanes of at least 4 members (excludes halogenated alkanes) is 34. The fraction of sp³-hybridized carbons (Fsp3) is 0.942. The summed E-state index contributed by atoms with van der Waals surface area (Å²) in [5.41, 5.74) is 0. The van der Waals surface area contributed by atoms with Crippen LogP contribution in [0.2, 0.25) is 0 Å². The van der Waals surface area contributed by atoms with Gasteiger partial charge in [-0.05, 0) is 25.2 Å². The molecule has 6 nitrogen and oxygen atoms in total. The van der Waals surface area contributed by atoms with Gasteiger partial charge >= 0.3 is 17.9 Å². The van der Waals surface area contributed by atoms with Crippen molar-refractivity contribution in [2.45, 2.75) is 297 Å². The summed E-state index contributed by atoms with van der Waals surface area (Å²) in [4.78, 5) is 37.7. The number of hydrogen-bond donors (Lipinski definition) is 0. The smallest absolute Gasteiger partial charge is 0.306 e. The average Bonchev–Trinajstić information content (AvgIpc) is 3.21. The van der Waals surface area contributed by atoms with Crippen LogP contribution in [0.4, 0.5) is 0 Å². The molecule has 0 aromatic heterocycles. The molecular weight excluding hydrogens is 721 g/mol. The number of ether oxygens (including phenoxy) is 3. The van der Waals surface area contributed by atoms with E-state index in [0.29, 0.717) is 19.3 Å². The van der Waals surface area contributed by atoms with E-state index in [1.165, 1.54) is 186 Å². The molecule has 0 aliphatic heterocycles. The zero-order chi connectivity index (χ0) is 42.4. The number of carbonyl (C=O) groups excluding carboxylic acids is 3. The van der Waals surface area contributed by atoms with Gasteiger partial charge in [0.05, 0.1) is 0 Å². The highest BCUT2D eigenvalue weighted by molar-refractivity contribution is 5.71. The van der Waals surface area contributed by atoms with Crippen molar-refractivity contribution in [1.82, 2.24) is 0 Å². The van der Waals surface area contributed by atoms with E-state index in [-0.39, 0.29) is 31.1 Å². The molecule has 0 bridgehead atoms. The van der Waals surface area contributed by atoms with Crippen LogP contribution in [0.3, 0.4) is 0 Å². The van der Waals surface area contributed by atoms with Gasteiger partial charge in [-0.15, -0.1) is 0 Å². The predicted octanol–water partition coefficient (Wildman–Crippen LogP) is 16.7. The second-order valence-corrected chi connectivity index (χ2v) is 18.3. The molecule has 0 radical (unpaired) electrons. The van der Waals surface area contributed by atoms with Gasteiger partial charge in [0, 0.05) is 19.3 Å². The molecule has 0 spiro atoms. The molecular formula is C52H100O6. The lowest BCUT2D eigenvalue weighted by molar-refractivity contribution is -0.167. The van der Waals surface area contributed by atoms with Crippen molar-refractivity contribution < 1.29 is 28.6 Å². The largest absolute Gasteiger partial charge is 0.462 e. The maximum atomic E-state index is 12.6. The van der Waals surface area contributed by atoms with Crippen molar-refractivity contribution in [2.75, 3.05) is 13.2 Å². The van der Waals surface area contributed by atoms with Crippen LogP contribution in [-0.2, 0) is 28.6 Å². The summed E-state index contributed by atoms with van der Waals surface area (Å²) in [5.74, 6) is 0.00654. The Labute approximate surface area is 361 Å². The molecule has 0 heterocycles. The summed E-state index contributed by atoms with van der Waals surface area (Å²) in [6, 6.07) is 0. The second-order valence-electron chi connectivity index (χ2n) is 18.3. The Balaban J connectivity index is 4.09. The van der Waals surface area contributed by atoms with Gasteiger partial charge in [-0.1, -0.05) is 252 Å². The fourth-order valence-electron chi connectivity index (χ4n) is 7.86. The molecule has 0 amide bonds. The minimum atomic E-state index is -0.758. The quantitative estimate of drug-likeness (QED) is 0.0346. The first-order chi connectivity index (χ1) is 28.4. The van der Waals surface area contributed by atoms with Gasteiger partial charge in [0.25, 0.3) is 0 Å². The highest BCUT2D eigenvalue weighted by Crippen LogP contribution is 2.17. The van der Waals surface area contributed by atoms with Crippen LogP contribution >= 0.6 is 0 Å². The summed E-state index contributed by atoms with van der Waals surface area (Å²) in [7, 11) is 0. The Morgan fingerprint density at radius 3 is 0.845 bits per heavy atom. The van der Waals surface area contributed by atoms with E-state index < -0.39 is 6.10 Å². The summed E-state index contributed by atoms with van der Waals surface area (Å²) in [5, 5.41) is 0. The van der Waals surface area contributed by atoms with Crippen LogP contribution in [0, 0.1) is 5.92 Å². The third-order valence-electron chi connectivity index (χ3n) is 11.8. The number of carbonyl (C=O) groups is 3. The van der Waals surface area contributed by atoms with Crippen LogP contribution in [0.15, 0.2) is 0 Å². The summed E-state index contributed by atoms with van der Waals surface area (Å²) in [6.07, 6.45) is 48.2. The van der Waals surface area contributed by atoms with Gasteiger partial charge in [0.1, 0.15) is 13.2 Å². The molecule has 0 saturated carbocycles. The van der Waals surface area contributed by atoms with Crippen molar-refractivity contribution in [3.05, 3.63) is 0 Å². The number of rotatable bonds is 47. The number of esters is 3. The van der Waals surface area contributed by atoms with Gasteiger partial charge in [-0.3, -0.25) is 14.4 Å². The van der Waals surface area contributed by atoms with Crippen LogP contribution in [0.1, 0.15) is 291 Å². The molecule has 58 heavy (non-hydrogen) atoms. The topological polar surface area (TPSA) is 78.9 Å². The SMILES string of the molecule is CCCCCCCCCCCCCCC(=O)OC[C@@H](COC(=O)CCCCCCCCCCCCCCCCCCCCC(C)C)OC(=O)CCCCCCCCC. The van der Waals surface area contributed by atoms with Crippen molar-refractivity contribution in [1.29, 1.82) is 0 Å². The Morgan fingerprint density at radius 1 is 0.328 bits per heavy atom. The number of hydrogen-bond acceptors (Lipinski definition) is 6. The standard InChI is InChI=1S/C52H100O6/c1-5-7-9-11-13-14-15-25-28-32-35-39-43-50(53)56-46-49(58-52(55)45-41-37-30-12-10-8-6-2)47-57-51(54)44-40-36-33-29-26-23-21-19-17-16-18-20-22-24-27-31-34-38-42-48(3)4/h48-49H,5-47H2,1-4H3/t49-/m0/s1. The lowest BCUT2D eigenvalue weighted by Crippen LogP contribution is -2.30. The molecule has 0 N–H and O–H groups in total. The van der Waals surface area contributed by atoms with E-state index in [0.717, 1.165) is 63.7 Å². The summed E-state index contributed by atoms with van der Waals surface area (Å²) >= 11 is 0. The maximum Gasteiger partial charge on any atom is 0.306 e. The predicted molar refractivity (Wildman–Crippen MR) is 247 cm³/mol. The third-order valence-corrected chi connectivity index (χ3v) is 11.8. The second kappa shape index (κ2) is 46.5. The zero-order valence-electron chi connectivity index (χ0n) is 39.5. The van der Waals surface area contributed by atoms with E-state index >= 15 is 0 Å². The lowest BCUT2D eigenvalue weighted by Gasteiger charge is -2.18. The van der Waals surface area contributed by atoms with Gasteiger partial charge in [-0.25, -0.2) is 0 Å². The molecule has 0 aromatic rings. The monoisotopic (exact) mass is 821 g/mol. The maximum absolute atomic E-state index is 12.6. The van der Waals surface area contributed by atoms with E-state index in [1.807, 2.05) is 0 Å². The summed E-state index contributed by atoms with van der Waals surface area (Å²) in [6.45, 7) is 9.00. The van der Waals surface area contributed by atoms with E-state index in [2.05, 4.69) is 27.7 Å². The highest BCUT2D eigenvalue weighted by atomic mass is 16.6. The molecule has 0 rings (SSSR count). The molecule has 1 atom stereocenters. The molecule has 0 unspecified atom stereocenters. The van der Waals surface area contributed by atoms with Gasteiger partial charge in [0.2, 0.25) is 0 Å². The van der Waals surface area contributed by atoms with Gasteiger partial charge < -0.3 is 14.2 Å². The Morgan fingerprint density at radius 2 is 0.569 bits per heavy atom. The molecule has 0 saturated heterocycles. The zero-order valence-corrected chi connectivity index (χ0v) is 39.5. The Bertz CT molecular complexity index is 872.